The van der Waals surface area contributed by atoms with Crippen LogP contribution in [0.25, 0.3) is 16.8 Å². The minimum absolute atomic E-state index is 0.0237. The number of nitrogens with zero attached hydrogens (tertiary/aromatic N) is 1. The maximum Gasteiger partial charge on any atom is 0.282 e. The summed E-state index contributed by atoms with van der Waals surface area (Å²) in [5.74, 6) is -0.914. The predicted octanol–water partition coefficient (Wildman–Crippen LogP) is 4.63. The van der Waals surface area contributed by atoms with E-state index < -0.39 is 11.8 Å². The molecule has 4 aromatic rings. The van der Waals surface area contributed by atoms with Crippen LogP contribution < -0.4 is 20.5 Å². The Morgan fingerprint density at radius 3 is 2.44 bits per heavy atom. The molecule has 0 aromatic heterocycles. The molecule has 1 fully saturated rings. The highest BCUT2D eigenvalue weighted by Gasteiger charge is 2.34. The van der Waals surface area contributed by atoms with Crippen LogP contribution in [0.3, 0.4) is 0 Å². The molecule has 1 heterocycles. The van der Waals surface area contributed by atoms with E-state index >= 15 is 0 Å². The number of benzene rings is 4. The number of hydrogen-bond acceptors (Lipinski definition) is 4. The van der Waals surface area contributed by atoms with Gasteiger partial charge in [-0.15, -0.1) is 0 Å². The Morgan fingerprint density at radius 2 is 1.64 bits per heavy atom. The Labute approximate surface area is 208 Å². The molecule has 7 nitrogen and oxygen atoms in total. The number of aryl methyl sites for hydroxylation is 1. The largest absolute Gasteiger partial charge is 0.483 e. The monoisotopic (exact) mass is 477 g/mol. The van der Waals surface area contributed by atoms with Gasteiger partial charge in [0.15, 0.2) is 6.61 Å². The number of ether oxygens (including phenoxy) is 1. The van der Waals surface area contributed by atoms with Gasteiger partial charge in [0.2, 0.25) is 0 Å². The van der Waals surface area contributed by atoms with Gasteiger partial charge in [0.25, 0.3) is 17.7 Å². The van der Waals surface area contributed by atoms with Crippen LogP contribution in [0.1, 0.15) is 11.1 Å². The van der Waals surface area contributed by atoms with Crippen molar-refractivity contribution < 1.29 is 19.1 Å². The van der Waals surface area contributed by atoms with Gasteiger partial charge in [-0.3, -0.25) is 19.8 Å². The van der Waals surface area contributed by atoms with E-state index in [2.05, 4.69) is 10.7 Å². The third kappa shape index (κ3) is 4.54. The molecule has 0 bridgehead atoms. The Morgan fingerprint density at radius 1 is 0.917 bits per heavy atom. The normalized spacial score (nSPS) is 14.2. The van der Waals surface area contributed by atoms with Gasteiger partial charge >= 0.3 is 0 Å². The van der Waals surface area contributed by atoms with Crippen molar-refractivity contribution in [2.24, 2.45) is 0 Å². The molecule has 5 rings (SSSR count). The first-order valence-corrected chi connectivity index (χ1v) is 11.4. The van der Waals surface area contributed by atoms with E-state index in [0.29, 0.717) is 22.7 Å². The van der Waals surface area contributed by atoms with Gasteiger partial charge in [-0.2, -0.15) is 0 Å². The first kappa shape index (κ1) is 22.9. The van der Waals surface area contributed by atoms with Crippen molar-refractivity contribution in [3.05, 3.63) is 108 Å². The van der Waals surface area contributed by atoms with Gasteiger partial charge in [-0.1, -0.05) is 66.7 Å². The first-order valence-electron chi connectivity index (χ1n) is 11.4. The second-order valence-electron chi connectivity index (χ2n) is 8.33. The summed E-state index contributed by atoms with van der Waals surface area (Å²) < 4.78 is 5.90. The van der Waals surface area contributed by atoms with Gasteiger partial charge in [-0.05, 0) is 53.6 Å². The van der Waals surface area contributed by atoms with E-state index in [1.807, 2.05) is 67.6 Å². The fourth-order valence-electron chi connectivity index (χ4n) is 4.05. The molecule has 0 unspecified atom stereocenters. The molecular weight excluding hydrogens is 454 g/mol. The van der Waals surface area contributed by atoms with E-state index in [4.69, 9.17) is 4.74 Å². The second kappa shape index (κ2) is 9.76. The summed E-state index contributed by atoms with van der Waals surface area (Å²) in [4.78, 5) is 38.5. The van der Waals surface area contributed by atoms with Gasteiger partial charge in [-0.25, -0.2) is 5.01 Å². The molecule has 1 aliphatic rings. The summed E-state index contributed by atoms with van der Waals surface area (Å²) in [6, 6.07) is 27.5. The predicted molar refractivity (Wildman–Crippen MR) is 139 cm³/mol. The number of fused-ring (bicyclic) bond motifs is 1. The standard InChI is InChI=1S/C29H23N3O4/c1-19-9-5-8-14-25(19)30-27(33)18-36-26-16-15-20-10-6-7-13-22(20)23(26)17-24-28(34)31-32(29(24)35)21-11-3-2-4-12-21/h2-17H,18H2,1H3,(H,30,33)(H,31,34). The lowest BCUT2D eigenvalue weighted by Crippen LogP contribution is -2.35. The van der Waals surface area contributed by atoms with Crippen molar-refractivity contribution in [3.63, 3.8) is 0 Å². The molecule has 0 aliphatic carbocycles. The summed E-state index contributed by atoms with van der Waals surface area (Å²) in [6.45, 7) is 1.67. The van der Waals surface area contributed by atoms with E-state index in [9.17, 15) is 14.4 Å². The zero-order chi connectivity index (χ0) is 25.1. The number of carbonyl (C=O) groups excluding carboxylic acids is 3. The number of nitrogens with one attached hydrogen (secondary N) is 2. The fraction of sp³-hybridized carbons (Fsp3) is 0.0690. The smallest absolute Gasteiger partial charge is 0.282 e. The van der Waals surface area contributed by atoms with Crippen LogP contribution >= 0.6 is 0 Å². The number of anilines is 2. The highest BCUT2D eigenvalue weighted by atomic mass is 16.5. The third-order valence-corrected chi connectivity index (χ3v) is 5.90. The van der Waals surface area contributed by atoms with Gasteiger partial charge in [0.1, 0.15) is 11.3 Å². The summed E-state index contributed by atoms with van der Waals surface area (Å²) in [5, 5.41) is 5.76. The number of para-hydroxylation sites is 2. The molecule has 1 saturated heterocycles. The Bertz CT molecular complexity index is 1510. The van der Waals surface area contributed by atoms with Crippen molar-refractivity contribution in [2.75, 3.05) is 16.9 Å². The summed E-state index contributed by atoms with van der Waals surface area (Å²) >= 11 is 0. The van der Waals surface area contributed by atoms with Crippen molar-refractivity contribution in [1.29, 1.82) is 0 Å². The molecule has 0 atom stereocenters. The van der Waals surface area contributed by atoms with Crippen LogP contribution in [0.15, 0.2) is 96.6 Å². The van der Waals surface area contributed by atoms with Gasteiger partial charge in [0.05, 0.1) is 5.69 Å². The molecule has 0 spiro atoms. The number of carbonyl (C=O) groups is 3. The summed E-state index contributed by atoms with van der Waals surface area (Å²) in [7, 11) is 0. The SMILES string of the molecule is Cc1ccccc1NC(=O)COc1ccc2ccccc2c1C=C1C(=O)NN(c2ccccc2)C1=O. The number of hydrazine groups is 1. The van der Waals surface area contributed by atoms with E-state index in [-0.39, 0.29) is 18.1 Å². The van der Waals surface area contributed by atoms with E-state index in [0.717, 1.165) is 16.3 Å². The maximum atomic E-state index is 13.1. The van der Waals surface area contributed by atoms with Crippen molar-refractivity contribution in [2.45, 2.75) is 6.92 Å². The fourth-order valence-corrected chi connectivity index (χ4v) is 4.05. The van der Waals surface area contributed by atoms with E-state index in [1.165, 1.54) is 11.1 Å². The van der Waals surface area contributed by atoms with E-state index in [1.54, 1.807) is 30.3 Å². The lowest BCUT2D eigenvalue weighted by atomic mass is 10.0. The molecular formula is C29H23N3O4. The average molecular weight is 478 g/mol. The minimum Gasteiger partial charge on any atom is -0.483 e. The highest BCUT2D eigenvalue weighted by molar-refractivity contribution is 6.32. The molecule has 7 heteroatoms. The van der Waals surface area contributed by atoms with Crippen molar-refractivity contribution >= 4 is 45.9 Å². The Balaban J connectivity index is 1.46. The van der Waals surface area contributed by atoms with Crippen LogP contribution in [0.5, 0.6) is 5.75 Å². The lowest BCUT2D eigenvalue weighted by molar-refractivity contribution is -0.118. The van der Waals surface area contributed by atoms with Gasteiger partial charge in [0, 0.05) is 11.3 Å². The molecule has 3 amide bonds. The quantitative estimate of drug-likeness (QED) is 0.313. The molecule has 1 aliphatic heterocycles. The zero-order valence-corrected chi connectivity index (χ0v) is 19.5. The van der Waals surface area contributed by atoms with Crippen LogP contribution in [0.2, 0.25) is 0 Å². The molecule has 2 N–H and O–H groups in total. The molecule has 4 aromatic carbocycles. The molecule has 0 saturated carbocycles. The van der Waals surface area contributed by atoms with Crippen molar-refractivity contribution in [3.8, 4) is 5.75 Å². The number of rotatable bonds is 6. The third-order valence-electron chi connectivity index (χ3n) is 5.90. The van der Waals surface area contributed by atoms with Crippen LogP contribution in [-0.4, -0.2) is 24.3 Å². The molecule has 0 radical (unpaired) electrons. The zero-order valence-electron chi connectivity index (χ0n) is 19.5. The topological polar surface area (TPSA) is 87.7 Å². The highest BCUT2D eigenvalue weighted by Crippen LogP contribution is 2.32. The summed E-state index contributed by atoms with van der Waals surface area (Å²) in [5.41, 5.74) is 5.34. The lowest BCUT2D eigenvalue weighted by Gasteiger charge is -2.14. The minimum atomic E-state index is -0.514. The molecule has 36 heavy (non-hydrogen) atoms. The molecule has 178 valence electrons. The Hall–Kier alpha value is -4.91. The van der Waals surface area contributed by atoms with Crippen molar-refractivity contribution in [1.82, 2.24) is 5.43 Å². The van der Waals surface area contributed by atoms with Gasteiger partial charge < -0.3 is 10.1 Å². The number of amides is 3. The van der Waals surface area contributed by atoms with Crippen LogP contribution in [-0.2, 0) is 14.4 Å². The van der Waals surface area contributed by atoms with Crippen LogP contribution in [0, 0.1) is 6.92 Å². The van der Waals surface area contributed by atoms with Crippen LogP contribution in [0.4, 0.5) is 11.4 Å². The number of hydrogen-bond donors (Lipinski definition) is 2. The maximum absolute atomic E-state index is 13.1. The average Bonchev–Trinajstić information content (AvgIpc) is 3.18. The first-order chi connectivity index (χ1) is 17.5. The second-order valence-corrected chi connectivity index (χ2v) is 8.33. The summed E-state index contributed by atoms with van der Waals surface area (Å²) in [6.07, 6.45) is 1.53. The Kier molecular flexibility index (Phi) is 6.19.